The zero-order valence-electron chi connectivity index (χ0n) is 15.8. The van der Waals surface area contributed by atoms with Crippen molar-refractivity contribution in [3.63, 3.8) is 0 Å². The molecule has 0 radical (unpaired) electrons. The zero-order valence-corrected chi connectivity index (χ0v) is 16.5. The van der Waals surface area contributed by atoms with Gasteiger partial charge in [-0.2, -0.15) is 0 Å². The molecule has 1 saturated heterocycles. The normalized spacial score (nSPS) is 19.8. The highest BCUT2D eigenvalue weighted by molar-refractivity contribution is 6.32. The first-order valence-electron chi connectivity index (χ1n) is 8.71. The summed E-state index contributed by atoms with van der Waals surface area (Å²) in [5.41, 5.74) is 6.56. The van der Waals surface area contributed by atoms with E-state index in [9.17, 15) is 4.79 Å². The third-order valence-electron chi connectivity index (χ3n) is 4.64. The van der Waals surface area contributed by atoms with Gasteiger partial charge in [0.15, 0.2) is 11.5 Å². The molecule has 1 aromatic rings. The molecule has 1 amide bonds. The monoisotopic (exact) mass is 368 g/mol. The fourth-order valence-electron chi connectivity index (χ4n) is 2.96. The lowest BCUT2D eigenvalue weighted by Gasteiger charge is -2.42. The van der Waals surface area contributed by atoms with E-state index in [4.69, 9.17) is 26.8 Å². The zero-order chi connectivity index (χ0) is 18.8. The number of piperidine rings is 1. The molecule has 140 valence electrons. The number of nitrogens with zero attached hydrogens (tertiary/aromatic N) is 1. The molecule has 0 spiro atoms. The highest BCUT2D eigenvalue weighted by Crippen LogP contribution is 2.37. The van der Waals surface area contributed by atoms with E-state index in [-0.39, 0.29) is 17.4 Å². The molecular formula is C19H29ClN2O3. The molecule has 1 aliphatic rings. The molecule has 6 heteroatoms. The summed E-state index contributed by atoms with van der Waals surface area (Å²) >= 11 is 6.36. The Kier molecular flexibility index (Phi) is 6.22. The predicted molar refractivity (Wildman–Crippen MR) is 101 cm³/mol. The highest BCUT2D eigenvalue weighted by atomic mass is 35.5. The maximum absolute atomic E-state index is 12.9. The van der Waals surface area contributed by atoms with Crippen LogP contribution >= 0.6 is 11.6 Å². The summed E-state index contributed by atoms with van der Waals surface area (Å²) in [7, 11) is 1.55. The molecule has 0 bridgehead atoms. The fourth-order valence-corrected chi connectivity index (χ4v) is 3.23. The first-order chi connectivity index (χ1) is 11.7. The maximum atomic E-state index is 12.9. The molecule has 5 nitrogen and oxygen atoms in total. The molecule has 2 rings (SSSR count). The molecule has 1 aliphatic heterocycles. The van der Waals surface area contributed by atoms with Crippen molar-refractivity contribution < 1.29 is 14.3 Å². The second kappa shape index (κ2) is 7.83. The molecule has 0 aromatic heterocycles. The Bertz CT molecular complexity index is 631. The Labute approximate surface area is 155 Å². The van der Waals surface area contributed by atoms with Crippen LogP contribution in [0.1, 0.15) is 44.5 Å². The first kappa shape index (κ1) is 19.9. The summed E-state index contributed by atoms with van der Waals surface area (Å²) in [6.07, 6.45) is 0.791. The molecule has 0 saturated carbocycles. The molecule has 0 aliphatic carbocycles. The highest BCUT2D eigenvalue weighted by Gasteiger charge is 2.35. The van der Waals surface area contributed by atoms with E-state index in [2.05, 4.69) is 27.7 Å². The number of methoxy groups -OCH3 is 1. The average Bonchev–Trinajstić information content (AvgIpc) is 2.54. The van der Waals surface area contributed by atoms with E-state index >= 15 is 0 Å². The minimum absolute atomic E-state index is 0.0596. The number of likely N-dealkylation sites (tertiary alicyclic amines) is 1. The number of halogens is 1. The molecule has 1 fully saturated rings. The Balaban J connectivity index is 2.24. The third-order valence-corrected chi connectivity index (χ3v) is 4.92. The summed E-state index contributed by atoms with van der Waals surface area (Å²) in [6, 6.07) is 3.45. The number of carbonyl (C=O) groups excluding carboxylic acids is 1. The van der Waals surface area contributed by atoms with E-state index in [0.717, 1.165) is 6.42 Å². The summed E-state index contributed by atoms with van der Waals surface area (Å²) < 4.78 is 11.1. The van der Waals surface area contributed by atoms with Crippen molar-refractivity contribution in [1.82, 2.24) is 4.90 Å². The second-order valence-corrected chi connectivity index (χ2v) is 8.21. The van der Waals surface area contributed by atoms with E-state index < -0.39 is 0 Å². The number of hydrogen-bond acceptors (Lipinski definition) is 4. The van der Waals surface area contributed by atoms with Crippen LogP contribution < -0.4 is 15.2 Å². The summed E-state index contributed by atoms with van der Waals surface area (Å²) in [6.45, 7) is 10.1. The van der Waals surface area contributed by atoms with Gasteiger partial charge in [-0.05, 0) is 29.9 Å². The molecule has 2 N–H and O–H groups in total. The fraction of sp³-hybridized carbons (Fsp3) is 0.632. The van der Waals surface area contributed by atoms with Crippen molar-refractivity contribution in [1.29, 1.82) is 0 Å². The van der Waals surface area contributed by atoms with E-state index in [1.165, 1.54) is 0 Å². The third kappa shape index (κ3) is 4.59. The second-order valence-electron chi connectivity index (χ2n) is 7.80. The molecule has 1 heterocycles. The number of benzene rings is 1. The van der Waals surface area contributed by atoms with Crippen molar-refractivity contribution in [2.45, 2.75) is 40.2 Å². The van der Waals surface area contributed by atoms with E-state index in [1.54, 1.807) is 19.2 Å². The predicted octanol–water partition coefficient (Wildman–Crippen LogP) is 3.58. The van der Waals surface area contributed by atoms with Crippen LogP contribution in [0, 0.1) is 11.3 Å². The van der Waals surface area contributed by atoms with Gasteiger partial charge in [0.2, 0.25) is 0 Å². The standard InChI is InChI=1S/C19H29ClN2O3/c1-12(2)10-25-17-14(20)8-13(9-15(17)24-5)18(23)22-7-6-16(21)19(3,4)11-22/h8-9,12,16H,6-7,10-11,21H2,1-5H3. The number of rotatable bonds is 5. The largest absolute Gasteiger partial charge is 0.493 e. The number of nitrogens with two attached hydrogens (primary N) is 1. The van der Waals surface area contributed by atoms with Crippen LogP contribution in [0.5, 0.6) is 11.5 Å². The van der Waals surface area contributed by atoms with Crippen LogP contribution in [0.15, 0.2) is 12.1 Å². The van der Waals surface area contributed by atoms with Crippen LogP contribution in [0.3, 0.4) is 0 Å². The molecule has 25 heavy (non-hydrogen) atoms. The van der Waals surface area contributed by atoms with Crippen molar-refractivity contribution in [3.05, 3.63) is 22.7 Å². The van der Waals surface area contributed by atoms with Gasteiger partial charge in [0.25, 0.3) is 5.91 Å². The smallest absolute Gasteiger partial charge is 0.254 e. The first-order valence-corrected chi connectivity index (χ1v) is 9.08. The van der Waals surface area contributed by atoms with Gasteiger partial charge in [-0.1, -0.05) is 39.3 Å². The van der Waals surface area contributed by atoms with Crippen molar-refractivity contribution >= 4 is 17.5 Å². The molecule has 1 aromatic carbocycles. The van der Waals surface area contributed by atoms with Crippen molar-refractivity contribution in [2.75, 3.05) is 26.8 Å². The maximum Gasteiger partial charge on any atom is 0.254 e. The molecule has 1 atom stereocenters. The lowest BCUT2D eigenvalue weighted by atomic mass is 9.79. The van der Waals surface area contributed by atoms with Gasteiger partial charge in [-0.15, -0.1) is 0 Å². The van der Waals surface area contributed by atoms with Gasteiger partial charge >= 0.3 is 0 Å². The quantitative estimate of drug-likeness (QED) is 0.862. The van der Waals surface area contributed by atoms with Gasteiger partial charge in [-0.25, -0.2) is 0 Å². The minimum Gasteiger partial charge on any atom is -0.493 e. The lowest BCUT2D eigenvalue weighted by molar-refractivity contribution is 0.0532. The Morgan fingerprint density at radius 2 is 2.12 bits per heavy atom. The Morgan fingerprint density at radius 1 is 1.44 bits per heavy atom. The summed E-state index contributed by atoms with van der Waals surface area (Å²) in [5, 5.41) is 0.385. The number of carbonyl (C=O) groups is 1. The SMILES string of the molecule is COc1cc(C(=O)N2CCC(N)C(C)(C)C2)cc(Cl)c1OCC(C)C. The number of amides is 1. The van der Waals surface area contributed by atoms with Gasteiger partial charge < -0.3 is 20.1 Å². The van der Waals surface area contributed by atoms with Crippen LogP contribution in [-0.4, -0.2) is 43.7 Å². The van der Waals surface area contributed by atoms with E-state index in [0.29, 0.717) is 47.7 Å². The molecular weight excluding hydrogens is 340 g/mol. The summed E-state index contributed by atoms with van der Waals surface area (Å²) in [4.78, 5) is 14.8. The topological polar surface area (TPSA) is 64.8 Å². The number of hydrogen-bond donors (Lipinski definition) is 1. The summed E-state index contributed by atoms with van der Waals surface area (Å²) in [5.74, 6) is 1.26. The van der Waals surface area contributed by atoms with Crippen LogP contribution in [0.4, 0.5) is 0 Å². The van der Waals surface area contributed by atoms with Crippen molar-refractivity contribution in [3.8, 4) is 11.5 Å². The van der Waals surface area contributed by atoms with Crippen LogP contribution in [0.25, 0.3) is 0 Å². The van der Waals surface area contributed by atoms with Crippen LogP contribution in [0.2, 0.25) is 5.02 Å². The van der Waals surface area contributed by atoms with Crippen LogP contribution in [-0.2, 0) is 0 Å². The Morgan fingerprint density at radius 3 is 2.68 bits per heavy atom. The number of ether oxygens (including phenoxy) is 2. The van der Waals surface area contributed by atoms with Gasteiger partial charge in [-0.3, -0.25) is 4.79 Å². The molecule has 1 unspecified atom stereocenters. The van der Waals surface area contributed by atoms with Gasteiger partial charge in [0.05, 0.1) is 18.7 Å². The lowest BCUT2D eigenvalue weighted by Crippen LogP contribution is -2.54. The minimum atomic E-state index is -0.109. The van der Waals surface area contributed by atoms with Crippen molar-refractivity contribution in [2.24, 2.45) is 17.1 Å². The average molecular weight is 369 g/mol. The Hall–Kier alpha value is -1.46. The van der Waals surface area contributed by atoms with Gasteiger partial charge in [0, 0.05) is 24.7 Å². The van der Waals surface area contributed by atoms with Gasteiger partial charge in [0.1, 0.15) is 0 Å². The van der Waals surface area contributed by atoms with E-state index in [1.807, 2.05) is 4.90 Å².